The van der Waals surface area contributed by atoms with Crippen molar-refractivity contribution in [2.24, 2.45) is 0 Å². The molecule has 2 aromatic carbocycles. The SMILES string of the molecule is O=C(CCl)NC(Cc1ccccc1)C(=O)Nc1ccccc1. The number of anilines is 1. The van der Waals surface area contributed by atoms with Gasteiger partial charge in [0, 0.05) is 12.1 Å². The Labute approximate surface area is 134 Å². The summed E-state index contributed by atoms with van der Waals surface area (Å²) in [7, 11) is 0. The van der Waals surface area contributed by atoms with Crippen LogP contribution in [0.3, 0.4) is 0 Å². The van der Waals surface area contributed by atoms with Crippen molar-refractivity contribution in [2.45, 2.75) is 12.5 Å². The molecule has 4 nitrogen and oxygen atoms in total. The molecule has 0 saturated carbocycles. The second kappa shape index (κ2) is 8.20. The monoisotopic (exact) mass is 316 g/mol. The Morgan fingerprint density at radius 3 is 2.14 bits per heavy atom. The fourth-order valence-corrected chi connectivity index (χ4v) is 2.12. The molecule has 2 amide bonds. The van der Waals surface area contributed by atoms with Crippen molar-refractivity contribution in [1.29, 1.82) is 0 Å². The van der Waals surface area contributed by atoms with Gasteiger partial charge >= 0.3 is 0 Å². The molecule has 2 N–H and O–H groups in total. The molecule has 22 heavy (non-hydrogen) atoms. The van der Waals surface area contributed by atoms with Crippen LogP contribution in [0, 0.1) is 0 Å². The highest BCUT2D eigenvalue weighted by Gasteiger charge is 2.21. The van der Waals surface area contributed by atoms with Gasteiger partial charge in [0.05, 0.1) is 0 Å². The molecule has 0 fully saturated rings. The number of halogens is 1. The van der Waals surface area contributed by atoms with Crippen molar-refractivity contribution in [3.63, 3.8) is 0 Å². The maximum absolute atomic E-state index is 12.4. The van der Waals surface area contributed by atoms with E-state index in [0.29, 0.717) is 12.1 Å². The first kappa shape index (κ1) is 16.0. The van der Waals surface area contributed by atoms with Crippen LogP contribution in [0.4, 0.5) is 5.69 Å². The number of nitrogens with one attached hydrogen (secondary N) is 2. The standard InChI is InChI=1S/C17H17ClN2O2/c18-12-16(21)20-15(11-13-7-3-1-4-8-13)17(22)19-14-9-5-2-6-10-14/h1-10,15H,11-12H2,(H,19,22)(H,20,21). The van der Waals surface area contributed by atoms with E-state index in [1.54, 1.807) is 12.1 Å². The van der Waals surface area contributed by atoms with Crippen molar-refractivity contribution < 1.29 is 9.59 Å². The number of hydrogen-bond acceptors (Lipinski definition) is 2. The van der Waals surface area contributed by atoms with E-state index in [1.165, 1.54) is 0 Å². The average Bonchev–Trinajstić information content (AvgIpc) is 2.56. The van der Waals surface area contributed by atoms with Gasteiger partial charge in [0.1, 0.15) is 11.9 Å². The lowest BCUT2D eigenvalue weighted by atomic mass is 10.1. The molecule has 0 aromatic heterocycles. The van der Waals surface area contributed by atoms with Crippen LogP contribution in [0.25, 0.3) is 0 Å². The van der Waals surface area contributed by atoms with Gasteiger partial charge in [-0.05, 0) is 17.7 Å². The molecule has 1 atom stereocenters. The number of carbonyl (C=O) groups excluding carboxylic acids is 2. The summed E-state index contributed by atoms with van der Waals surface area (Å²) in [6.45, 7) is 0. The van der Waals surface area contributed by atoms with Gasteiger partial charge in [-0.25, -0.2) is 0 Å². The zero-order valence-corrected chi connectivity index (χ0v) is 12.7. The second-order valence-corrected chi connectivity index (χ2v) is 5.07. The third kappa shape index (κ3) is 4.90. The van der Waals surface area contributed by atoms with Crippen LogP contribution in [-0.2, 0) is 16.0 Å². The molecule has 0 aliphatic rings. The molecule has 0 bridgehead atoms. The highest BCUT2D eigenvalue weighted by Crippen LogP contribution is 2.09. The van der Waals surface area contributed by atoms with Crippen LogP contribution in [0.5, 0.6) is 0 Å². The summed E-state index contributed by atoms with van der Waals surface area (Å²) in [4.78, 5) is 23.9. The van der Waals surface area contributed by atoms with Crippen LogP contribution in [0.15, 0.2) is 60.7 Å². The van der Waals surface area contributed by atoms with E-state index in [9.17, 15) is 9.59 Å². The van der Waals surface area contributed by atoms with E-state index in [4.69, 9.17) is 11.6 Å². The van der Waals surface area contributed by atoms with Gasteiger partial charge in [-0.15, -0.1) is 11.6 Å². The van der Waals surface area contributed by atoms with Gasteiger partial charge in [0.2, 0.25) is 11.8 Å². The van der Waals surface area contributed by atoms with Crippen molar-refractivity contribution in [1.82, 2.24) is 5.32 Å². The van der Waals surface area contributed by atoms with Crippen LogP contribution in [0.1, 0.15) is 5.56 Å². The fraction of sp³-hybridized carbons (Fsp3) is 0.176. The third-order valence-corrected chi connectivity index (χ3v) is 3.34. The molecular weight excluding hydrogens is 300 g/mol. The third-order valence-electron chi connectivity index (χ3n) is 3.10. The normalized spacial score (nSPS) is 11.5. The summed E-state index contributed by atoms with van der Waals surface area (Å²) in [5.74, 6) is -0.816. The first-order chi connectivity index (χ1) is 10.7. The van der Waals surface area contributed by atoms with Gasteiger partial charge in [-0.3, -0.25) is 9.59 Å². The molecule has 0 spiro atoms. The largest absolute Gasteiger partial charge is 0.343 e. The Morgan fingerprint density at radius 2 is 1.55 bits per heavy atom. The Bertz CT molecular complexity index is 617. The molecule has 5 heteroatoms. The van der Waals surface area contributed by atoms with Crippen molar-refractivity contribution in [2.75, 3.05) is 11.2 Å². The molecule has 2 aromatic rings. The molecule has 0 heterocycles. The number of para-hydroxylation sites is 1. The van der Waals surface area contributed by atoms with E-state index in [-0.39, 0.29) is 17.7 Å². The number of alkyl halides is 1. The quantitative estimate of drug-likeness (QED) is 0.805. The number of hydrogen-bond donors (Lipinski definition) is 2. The van der Waals surface area contributed by atoms with Gasteiger partial charge < -0.3 is 10.6 Å². The predicted molar refractivity (Wildman–Crippen MR) is 87.9 cm³/mol. The number of benzene rings is 2. The summed E-state index contributed by atoms with van der Waals surface area (Å²) in [5.41, 5.74) is 1.65. The molecule has 0 saturated heterocycles. The summed E-state index contributed by atoms with van der Waals surface area (Å²) < 4.78 is 0. The van der Waals surface area contributed by atoms with Crippen LogP contribution < -0.4 is 10.6 Å². The second-order valence-electron chi connectivity index (χ2n) is 4.80. The fourth-order valence-electron chi connectivity index (χ4n) is 2.04. The van der Waals surface area contributed by atoms with Crippen LogP contribution >= 0.6 is 11.6 Å². The Hall–Kier alpha value is -2.33. The maximum atomic E-state index is 12.4. The minimum absolute atomic E-state index is 0.177. The summed E-state index contributed by atoms with van der Waals surface area (Å²) >= 11 is 5.52. The zero-order valence-electron chi connectivity index (χ0n) is 12.0. The van der Waals surface area contributed by atoms with Crippen molar-refractivity contribution in [3.8, 4) is 0 Å². The molecular formula is C17H17ClN2O2. The molecule has 1 unspecified atom stereocenters. The Morgan fingerprint density at radius 1 is 0.955 bits per heavy atom. The number of carbonyl (C=O) groups is 2. The van der Waals surface area contributed by atoms with Crippen LogP contribution in [0.2, 0.25) is 0 Å². The minimum atomic E-state index is -0.672. The number of rotatable bonds is 6. The lowest BCUT2D eigenvalue weighted by molar-refractivity contribution is -0.125. The van der Waals surface area contributed by atoms with E-state index in [2.05, 4.69) is 10.6 Å². The maximum Gasteiger partial charge on any atom is 0.247 e. The average molecular weight is 317 g/mol. The summed E-state index contributed by atoms with van der Waals surface area (Å²) in [5, 5.41) is 5.45. The van der Waals surface area contributed by atoms with E-state index in [0.717, 1.165) is 5.56 Å². The van der Waals surface area contributed by atoms with Crippen LogP contribution in [-0.4, -0.2) is 23.7 Å². The first-order valence-electron chi connectivity index (χ1n) is 6.94. The lowest BCUT2D eigenvalue weighted by Crippen LogP contribution is -2.45. The number of amides is 2. The molecule has 114 valence electrons. The van der Waals surface area contributed by atoms with Gasteiger partial charge in [0.25, 0.3) is 0 Å². The summed E-state index contributed by atoms with van der Waals surface area (Å²) in [6.07, 6.45) is 0.405. The van der Waals surface area contributed by atoms with Gasteiger partial charge in [0.15, 0.2) is 0 Å². The molecule has 0 aliphatic heterocycles. The van der Waals surface area contributed by atoms with Gasteiger partial charge in [-0.2, -0.15) is 0 Å². The van der Waals surface area contributed by atoms with E-state index >= 15 is 0 Å². The van der Waals surface area contributed by atoms with Crippen molar-refractivity contribution >= 4 is 29.1 Å². The van der Waals surface area contributed by atoms with E-state index in [1.807, 2.05) is 48.5 Å². The topological polar surface area (TPSA) is 58.2 Å². The predicted octanol–water partition coefficient (Wildman–Crippen LogP) is 2.59. The summed E-state index contributed by atoms with van der Waals surface area (Å²) in [6, 6.07) is 18.0. The molecule has 0 radical (unpaired) electrons. The minimum Gasteiger partial charge on any atom is -0.343 e. The molecule has 2 rings (SSSR count). The highest BCUT2D eigenvalue weighted by molar-refractivity contribution is 6.27. The van der Waals surface area contributed by atoms with E-state index < -0.39 is 6.04 Å². The smallest absolute Gasteiger partial charge is 0.247 e. The zero-order chi connectivity index (χ0) is 15.8. The highest BCUT2D eigenvalue weighted by atomic mass is 35.5. The van der Waals surface area contributed by atoms with Crippen molar-refractivity contribution in [3.05, 3.63) is 66.2 Å². The van der Waals surface area contributed by atoms with Gasteiger partial charge in [-0.1, -0.05) is 48.5 Å². The lowest BCUT2D eigenvalue weighted by Gasteiger charge is -2.18. The first-order valence-corrected chi connectivity index (χ1v) is 7.47. The Balaban J connectivity index is 2.09. The Kier molecular flexibility index (Phi) is 5.98. The molecule has 0 aliphatic carbocycles.